The van der Waals surface area contributed by atoms with Gasteiger partial charge in [-0.2, -0.15) is 0 Å². The second-order valence-corrected chi connectivity index (χ2v) is 4.34. The van der Waals surface area contributed by atoms with Crippen LogP contribution >= 0.6 is 23.2 Å². The van der Waals surface area contributed by atoms with E-state index in [1.165, 1.54) is 6.20 Å². The van der Waals surface area contributed by atoms with Crippen molar-refractivity contribution >= 4 is 23.2 Å². The molecule has 0 bridgehead atoms. The van der Waals surface area contributed by atoms with Crippen molar-refractivity contribution in [1.82, 2.24) is 14.5 Å². The molecule has 1 N–H and O–H groups in total. The van der Waals surface area contributed by atoms with Gasteiger partial charge in [-0.3, -0.25) is 4.98 Å². The van der Waals surface area contributed by atoms with Gasteiger partial charge in [0.1, 0.15) is 5.82 Å². The Kier molecular flexibility index (Phi) is 3.66. The van der Waals surface area contributed by atoms with E-state index in [-0.39, 0.29) is 0 Å². The molecule has 90 valence electrons. The van der Waals surface area contributed by atoms with E-state index in [1.807, 2.05) is 11.5 Å². The standard InChI is InChI=1S/C11H11Cl2N3O/c1-2-16-4-3-14-11(16)10(17)9-8(13)5-7(12)6-15-9/h3-6,10,17H,2H2,1H3. The lowest BCUT2D eigenvalue weighted by molar-refractivity contribution is 0.200. The summed E-state index contributed by atoms with van der Waals surface area (Å²) in [6.45, 7) is 2.69. The summed E-state index contributed by atoms with van der Waals surface area (Å²) in [6.07, 6.45) is 3.93. The van der Waals surface area contributed by atoms with Crippen molar-refractivity contribution in [1.29, 1.82) is 0 Å². The Labute approximate surface area is 109 Å². The molecule has 0 fully saturated rings. The normalized spacial score (nSPS) is 12.7. The number of hydrogen-bond donors (Lipinski definition) is 1. The lowest BCUT2D eigenvalue weighted by Gasteiger charge is -2.12. The molecule has 2 aromatic rings. The summed E-state index contributed by atoms with van der Waals surface area (Å²) in [5.41, 5.74) is 0.358. The van der Waals surface area contributed by atoms with Crippen molar-refractivity contribution < 1.29 is 5.11 Å². The van der Waals surface area contributed by atoms with Gasteiger partial charge >= 0.3 is 0 Å². The minimum atomic E-state index is -0.949. The van der Waals surface area contributed by atoms with Crippen LogP contribution in [0.2, 0.25) is 10.0 Å². The zero-order valence-electron chi connectivity index (χ0n) is 9.14. The highest BCUT2D eigenvalue weighted by Crippen LogP contribution is 2.27. The maximum atomic E-state index is 10.2. The van der Waals surface area contributed by atoms with Crippen molar-refractivity contribution in [3.8, 4) is 0 Å². The Hall–Kier alpha value is -1.10. The summed E-state index contributed by atoms with van der Waals surface area (Å²) >= 11 is 11.7. The van der Waals surface area contributed by atoms with Crippen LogP contribution in [0.3, 0.4) is 0 Å². The fourth-order valence-corrected chi connectivity index (χ4v) is 2.07. The maximum absolute atomic E-state index is 10.2. The first-order valence-electron chi connectivity index (χ1n) is 5.13. The Morgan fingerprint density at radius 2 is 2.18 bits per heavy atom. The number of nitrogens with zero attached hydrogens (tertiary/aromatic N) is 3. The van der Waals surface area contributed by atoms with Crippen molar-refractivity contribution in [3.05, 3.63) is 46.2 Å². The number of hydrogen-bond acceptors (Lipinski definition) is 3. The van der Waals surface area contributed by atoms with Crippen molar-refractivity contribution in [2.24, 2.45) is 0 Å². The van der Waals surface area contributed by atoms with Gasteiger partial charge in [0.15, 0.2) is 6.10 Å². The van der Waals surface area contributed by atoms with E-state index in [4.69, 9.17) is 23.2 Å². The zero-order valence-corrected chi connectivity index (χ0v) is 10.7. The van der Waals surface area contributed by atoms with Gasteiger partial charge < -0.3 is 9.67 Å². The van der Waals surface area contributed by atoms with Gasteiger partial charge in [-0.15, -0.1) is 0 Å². The fraction of sp³-hybridized carbons (Fsp3) is 0.273. The zero-order chi connectivity index (χ0) is 12.4. The molecule has 4 nitrogen and oxygen atoms in total. The van der Waals surface area contributed by atoms with Crippen LogP contribution in [0.4, 0.5) is 0 Å². The van der Waals surface area contributed by atoms with E-state index >= 15 is 0 Å². The third-order valence-corrected chi connectivity index (χ3v) is 2.94. The third kappa shape index (κ3) is 2.44. The number of aliphatic hydroxyl groups excluding tert-OH is 1. The van der Waals surface area contributed by atoms with E-state index in [0.717, 1.165) is 6.54 Å². The van der Waals surface area contributed by atoms with Gasteiger partial charge in [-0.05, 0) is 13.0 Å². The minimum absolute atomic E-state index is 0.329. The maximum Gasteiger partial charge on any atom is 0.155 e. The van der Waals surface area contributed by atoms with E-state index in [0.29, 0.717) is 21.6 Å². The first-order valence-corrected chi connectivity index (χ1v) is 5.89. The summed E-state index contributed by atoms with van der Waals surface area (Å²) in [5, 5.41) is 11.0. The molecule has 1 atom stereocenters. The van der Waals surface area contributed by atoms with Crippen LogP contribution in [0.25, 0.3) is 0 Å². The van der Waals surface area contributed by atoms with Gasteiger partial charge in [-0.1, -0.05) is 23.2 Å². The summed E-state index contributed by atoms with van der Waals surface area (Å²) in [7, 11) is 0. The average molecular weight is 272 g/mol. The monoisotopic (exact) mass is 271 g/mol. The number of rotatable bonds is 3. The molecule has 2 rings (SSSR count). The van der Waals surface area contributed by atoms with Gasteiger partial charge in [0.25, 0.3) is 0 Å². The van der Waals surface area contributed by atoms with Crippen molar-refractivity contribution in [2.45, 2.75) is 19.6 Å². The minimum Gasteiger partial charge on any atom is -0.379 e. The van der Waals surface area contributed by atoms with E-state index in [1.54, 1.807) is 18.5 Å². The van der Waals surface area contributed by atoms with E-state index < -0.39 is 6.10 Å². The predicted octanol–water partition coefficient (Wildman–Crippen LogP) is 2.69. The number of halogens is 2. The predicted molar refractivity (Wildman–Crippen MR) is 66.2 cm³/mol. The van der Waals surface area contributed by atoms with Crippen LogP contribution in [0, 0.1) is 0 Å². The van der Waals surface area contributed by atoms with Crippen LogP contribution in [-0.4, -0.2) is 19.6 Å². The molecule has 0 aliphatic heterocycles. The smallest absolute Gasteiger partial charge is 0.155 e. The summed E-state index contributed by atoms with van der Waals surface area (Å²) in [5.74, 6) is 0.518. The van der Waals surface area contributed by atoms with Crippen LogP contribution in [0.5, 0.6) is 0 Å². The van der Waals surface area contributed by atoms with Gasteiger partial charge in [-0.25, -0.2) is 4.98 Å². The Morgan fingerprint density at radius 1 is 1.41 bits per heavy atom. The molecule has 0 radical (unpaired) electrons. The Balaban J connectivity index is 2.40. The third-order valence-electron chi connectivity index (χ3n) is 2.43. The molecule has 17 heavy (non-hydrogen) atoms. The van der Waals surface area contributed by atoms with Crippen LogP contribution in [0.1, 0.15) is 24.5 Å². The molecule has 0 saturated carbocycles. The summed E-state index contributed by atoms with van der Waals surface area (Å²) in [6, 6.07) is 1.55. The molecule has 0 aliphatic rings. The molecule has 0 aliphatic carbocycles. The number of aryl methyl sites for hydroxylation is 1. The molecular weight excluding hydrogens is 261 g/mol. The highest BCUT2D eigenvalue weighted by atomic mass is 35.5. The molecule has 0 amide bonds. The first-order chi connectivity index (χ1) is 8.13. The van der Waals surface area contributed by atoms with E-state index in [2.05, 4.69) is 9.97 Å². The summed E-state index contributed by atoms with van der Waals surface area (Å²) in [4.78, 5) is 8.15. The number of pyridine rings is 1. The summed E-state index contributed by atoms with van der Waals surface area (Å²) < 4.78 is 1.83. The number of imidazole rings is 1. The lowest BCUT2D eigenvalue weighted by atomic mass is 10.2. The molecular formula is C11H11Cl2N3O. The van der Waals surface area contributed by atoms with Gasteiger partial charge in [0, 0.05) is 25.1 Å². The van der Waals surface area contributed by atoms with Crippen molar-refractivity contribution in [2.75, 3.05) is 0 Å². The first kappa shape index (κ1) is 12.4. The Bertz CT molecular complexity index is 527. The van der Waals surface area contributed by atoms with Gasteiger partial charge in [0.05, 0.1) is 15.7 Å². The van der Waals surface area contributed by atoms with Crippen LogP contribution in [0.15, 0.2) is 24.7 Å². The molecule has 2 aromatic heterocycles. The second-order valence-electron chi connectivity index (χ2n) is 3.49. The molecule has 2 heterocycles. The number of aliphatic hydroxyl groups is 1. The number of aromatic nitrogens is 3. The molecule has 6 heteroatoms. The quantitative estimate of drug-likeness (QED) is 0.934. The molecule has 0 spiro atoms. The highest BCUT2D eigenvalue weighted by molar-refractivity contribution is 6.34. The fourth-order valence-electron chi connectivity index (χ4n) is 1.58. The molecule has 0 aromatic carbocycles. The molecule has 0 saturated heterocycles. The van der Waals surface area contributed by atoms with Crippen LogP contribution < -0.4 is 0 Å². The molecule has 1 unspecified atom stereocenters. The SMILES string of the molecule is CCn1ccnc1C(O)c1ncc(Cl)cc1Cl. The topological polar surface area (TPSA) is 50.9 Å². The highest BCUT2D eigenvalue weighted by Gasteiger charge is 2.20. The van der Waals surface area contributed by atoms with Crippen molar-refractivity contribution in [3.63, 3.8) is 0 Å². The Morgan fingerprint density at radius 3 is 2.82 bits per heavy atom. The average Bonchev–Trinajstić information content (AvgIpc) is 2.76. The lowest BCUT2D eigenvalue weighted by Crippen LogP contribution is -2.10. The second kappa shape index (κ2) is 5.04. The van der Waals surface area contributed by atoms with E-state index in [9.17, 15) is 5.11 Å². The van der Waals surface area contributed by atoms with Crippen LogP contribution in [-0.2, 0) is 6.54 Å². The van der Waals surface area contributed by atoms with Gasteiger partial charge in [0.2, 0.25) is 0 Å². The largest absolute Gasteiger partial charge is 0.379 e.